The van der Waals surface area contributed by atoms with E-state index in [1.165, 1.54) is 0 Å². The molecular weight excluding hydrogens is 447 g/mol. The Morgan fingerprint density at radius 3 is 2.00 bits per heavy atom. The van der Waals surface area contributed by atoms with E-state index in [0.29, 0.717) is 21.4 Å². The fourth-order valence-corrected chi connectivity index (χ4v) is 3.27. The van der Waals surface area contributed by atoms with Crippen LogP contribution in [0.2, 0.25) is 10.0 Å². The molecule has 2 aromatic rings. The van der Waals surface area contributed by atoms with Gasteiger partial charge >= 0.3 is 12.2 Å². The molecule has 166 valence electrons. The van der Waals surface area contributed by atoms with Crippen molar-refractivity contribution in [3.63, 3.8) is 0 Å². The van der Waals surface area contributed by atoms with Crippen molar-refractivity contribution < 1.29 is 28.9 Å². The number of carbonyl (C=O) groups is 2. The Kier molecular flexibility index (Phi) is 7.61. The Bertz CT molecular complexity index is 971. The third-order valence-electron chi connectivity index (χ3n) is 4.68. The first-order valence-electron chi connectivity index (χ1n) is 9.50. The van der Waals surface area contributed by atoms with Gasteiger partial charge in [0.1, 0.15) is 6.10 Å². The third-order valence-corrected chi connectivity index (χ3v) is 5.49. The second-order valence-electron chi connectivity index (χ2n) is 7.04. The van der Waals surface area contributed by atoms with Crippen LogP contribution in [0.4, 0.5) is 21.0 Å². The quantitative estimate of drug-likeness (QED) is 0.589. The first kappa shape index (κ1) is 23.1. The molecule has 0 radical (unpaired) electrons. The van der Waals surface area contributed by atoms with Gasteiger partial charge in [-0.25, -0.2) is 9.59 Å². The molecule has 1 saturated heterocycles. The van der Waals surface area contributed by atoms with Crippen molar-refractivity contribution in [2.45, 2.75) is 38.8 Å². The molecule has 0 saturated carbocycles. The summed E-state index contributed by atoms with van der Waals surface area (Å²) in [6.07, 6.45) is -4.99. The summed E-state index contributed by atoms with van der Waals surface area (Å²) in [4.78, 5) is 24.6. The van der Waals surface area contributed by atoms with Crippen LogP contribution in [0.25, 0.3) is 0 Å². The number of aliphatic hydroxyl groups excluding tert-OH is 1. The van der Waals surface area contributed by atoms with Crippen molar-refractivity contribution in [2.75, 3.05) is 17.2 Å². The van der Waals surface area contributed by atoms with Crippen LogP contribution in [0.1, 0.15) is 17.5 Å². The van der Waals surface area contributed by atoms with Gasteiger partial charge in [-0.3, -0.25) is 10.6 Å². The zero-order chi connectivity index (χ0) is 22.5. The van der Waals surface area contributed by atoms with Crippen LogP contribution in [0.15, 0.2) is 36.4 Å². The Morgan fingerprint density at radius 2 is 1.48 bits per heavy atom. The van der Waals surface area contributed by atoms with Crippen molar-refractivity contribution in [1.82, 2.24) is 0 Å². The summed E-state index contributed by atoms with van der Waals surface area (Å²) in [6.45, 7) is 3.80. The first-order chi connectivity index (χ1) is 14.7. The number of aryl methyl sites for hydroxylation is 2. The van der Waals surface area contributed by atoms with E-state index < -0.39 is 30.7 Å². The second kappa shape index (κ2) is 10.2. The van der Waals surface area contributed by atoms with E-state index in [4.69, 9.17) is 37.4 Å². The fourth-order valence-electron chi connectivity index (χ4n) is 2.90. The van der Waals surface area contributed by atoms with Gasteiger partial charge in [0.15, 0.2) is 12.4 Å². The van der Waals surface area contributed by atoms with Gasteiger partial charge in [-0.2, -0.15) is 0 Å². The molecule has 31 heavy (non-hydrogen) atoms. The number of amides is 2. The molecule has 1 aliphatic rings. The van der Waals surface area contributed by atoms with Crippen LogP contribution in [-0.4, -0.2) is 42.4 Å². The minimum Gasteiger partial charge on any atom is -0.442 e. The minimum atomic E-state index is -1.45. The zero-order valence-corrected chi connectivity index (χ0v) is 18.4. The standard InChI is InChI=1S/C21H22Cl2N2O6/c1-11-3-5-13(9-15(11)22)24-20(27)30-17-7-8-29-19(26)18(17)31-21(28)25-14-6-4-12(2)16(23)10-14/h3-6,9-10,17-19,26H,7-8H2,1-2H3,(H,24,27)(H,25,28)/t17-,18-,19-/m1/s1. The number of nitrogens with one attached hydrogen (secondary N) is 2. The molecule has 0 aromatic heterocycles. The van der Waals surface area contributed by atoms with Gasteiger partial charge in [-0.1, -0.05) is 35.3 Å². The van der Waals surface area contributed by atoms with Gasteiger partial charge in [0.05, 0.1) is 6.61 Å². The first-order valence-corrected chi connectivity index (χ1v) is 10.3. The maximum Gasteiger partial charge on any atom is 0.412 e. The lowest BCUT2D eigenvalue weighted by molar-refractivity contribution is -0.217. The summed E-state index contributed by atoms with van der Waals surface area (Å²) in [6, 6.07) is 9.98. The van der Waals surface area contributed by atoms with Crippen LogP contribution in [0.5, 0.6) is 0 Å². The van der Waals surface area contributed by atoms with Crippen molar-refractivity contribution in [1.29, 1.82) is 0 Å². The number of hydrogen-bond donors (Lipinski definition) is 3. The largest absolute Gasteiger partial charge is 0.442 e. The molecule has 0 aliphatic carbocycles. The van der Waals surface area contributed by atoms with Gasteiger partial charge in [-0.05, 0) is 49.2 Å². The zero-order valence-electron chi connectivity index (χ0n) is 16.9. The molecule has 0 spiro atoms. The summed E-state index contributed by atoms with van der Waals surface area (Å²) >= 11 is 12.1. The van der Waals surface area contributed by atoms with Gasteiger partial charge in [-0.15, -0.1) is 0 Å². The fraction of sp³-hybridized carbons (Fsp3) is 0.333. The smallest absolute Gasteiger partial charge is 0.412 e. The average Bonchev–Trinajstić information content (AvgIpc) is 2.70. The van der Waals surface area contributed by atoms with E-state index in [-0.39, 0.29) is 13.0 Å². The molecule has 0 bridgehead atoms. The van der Waals surface area contributed by atoms with Crippen LogP contribution in [0.3, 0.4) is 0 Å². The predicted molar refractivity (Wildman–Crippen MR) is 117 cm³/mol. The molecule has 0 unspecified atom stereocenters. The number of benzene rings is 2. The van der Waals surface area contributed by atoms with Crippen molar-refractivity contribution in [3.8, 4) is 0 Å². The minimum absolute atomic E-state index is 0.129. The number of ether oxygens (including phenoxy) is 3. The number of halogens is 2. The van der Waals surface area contributed by atoms with Crippen molar-refractivity contribution in [3.05, 3.63) is 57.6 Å². The van der Waals surface area contributed by atoms with Crippen LogP contribution in [0, 0.1) is 13.8 Å². The molecule has 1 heterocycles. The molecule has 2 aromatic carbocycles. The van der Waals surface area contributed by atoms with Crippen LogP contribution < -0.4 is 10.6 Å². The number of hydrogen-bond acceptors (Lipinski definition) is 6. The summed E-state index contributed by atoms with van der Waals surface area (Å²) in [5, 5.41) is 16.2. The summed E-state index contributed by atoms with van der Waals surface area (Å²) in [7, 11) is 0. The highest BCUT2D eigenvalue weighted by Gasteiger charge is 2.39. The van der Waals surface area contributed by atoms with Gasteiger partial charge in [0.25, 0.3) is 0 Å². The van der Waals surface area contributed by atoms with E-state index in [2.05, 4.69) is 10.6 Å². The highest BCUT2D eigenvalue weighted by atomic mass is 35.5. The molecule has 1 fully saturated rings. The SMILES string of the molecule is Cc1ccc(NC(=O)O[C@H]2[C@H](O)OCC[C@H]2OC(=O)Nc2ccc(C)c(Cl)c2)cc1Cl. The maximum atomic E-state index is 12.3. The number of aliphatic hydroxyl groups is 1. The molecule has 3 N–H and O–H groups in total. The van der Waals surface area contributed by atoms with Crippen molar-refractivity contribution >= 4 is 46.8 Å². The molecule has 10 heteroatoms. The van der Waals surface area contributed by atoms with Crippen LogP contribution in [-0.2, 0) is 14.2 Å². The van der Waals surface area contributed by atoms with E-state index >= 15 is 0 Å². The third kappa shape index (κ3) is 6.24. The average molecular weight is 469 g/mol. The van der Waals surface area contributed by atoms with Gasteiger partial charge in [0, 0.05) is 27.8 Å². The van der Waals surface area contributed by atoms with E-state index in [0.717, 1.165) is 11.1 Å². The summed E-state index contributed by atoms with van der Waals surface area (Å²) in [5.74, 6) is 0. The second-order valence-corrected chi connectivity index (χ2v) is 7.86. The summed E-state index contributed by atoms with van der Waals surface area (Å²) in [5.41, 5.74) is 2.58. The lowest BCUT2D eigenvalue weighted by Gasteiger charge is -2.34. The van der Waals surface area contributed by atoms with E-state index in [1.54, 1.807) is 36.4 Å². The number of anilines is 2. The number of rotatable bonds is 4. The maximum absolute atomic E-state index is 12.3. The normalized spacial score (nSPS) is 20.6. The van der Waals surface area contributed by atoms with Gasteiger partial charge in [0.2, 0.25) is 0 Å². The predicted octanol–water partition coefficient (Wildman–Crippen LogP) is 4.88. The monoisotopic (exact) mass is 468 g/mol. The topological polar surface area (TPSA) is 106 Å². The van der Waals surface area contributed by atoms with Crippen LogP contribution >= 0.6 is 23.2 Å². The number of carbonyl (C=O) groups excluding carboxylic acids is 2. The Balaban J connectivity index is 1.61. The molecule has 1 aliphatic heterocycles. The van der Waals surface area contributed by atoms with Gasteiger partial charge < -0.3 is 19.3 Å². The molecular formula is C21H22Cl2N2O6. The highest BCUT2D eigenvalue weighted by molar-refractivity contribution is 6.32. The molecule has 8 nitrogen and oxygen atoms in total. The molecule has 3 rings (SSSR count). The summed E-state index contributed by atoms with van der Waals surface area (Å²) < 4.78 is 15.8. The van der Waals surface area contributed by atoms with E-state index in [9.17, 15) is 14.7 Å². The Morgan fingerprint density at radius 1 is 0.968 bits per heavy atom. The highest BCUT2D eigenvalue weighted by Crippen LogP contribution is 2.24. The Labute approximate surface area is 189 Å². The Hall–Kier alpha value is -2.52. The molecule has 3 atom stereocenters. The lowest BCUT2D eigenvalue weighted by atomic mass is 10.1. The molecule has 2 amide bonds. The van der Waals surface area contributed by atoms with E-state index in [1.807, 2.05) is 13.8 Å². The lowest BCUT2D eigenvalue weighted by Crippen LogP contribution is -2.50. The van der Waals surface area contributed by atoms with Crippen molar-refractivity contribution in [2.24, 2.45) is 0 Å².